The van der Waals surface area contributed by atoms with Crippen molar-refractivity contribution in [3.63, 3.8) is 0 Å². The predicted octanol–water partition coefficient (Wildman–Crippen LogP) is 3.30. The normalized spacial score (nSPS) is 12.2. The fraction of sp³-hybridized carbons (Fsp3) is 0.118. The van der Waals surface area contributed by atoms with E-state index in [1.807, 2.05) is 0 Å². The van der Waals surface area contributed by atoms with Gasteiger partial charge in [0.1, 0.15) is 23.4 Å². The van der Waals surface area contributed by atoms with E-state index in [1.165, 1.54) is 25.4 Å². The van der Waals surface area contributed by atoms with Gasteiger partial charge in [-0.2, -0.15) is 0 Å². The topological polar surface area (TPSA) is 77.3 Å². The maximum absolute atomic E-state index is 13.2. The molecule has 7 heteroatoms. The number of benzene rings is 2. The van der Waals surface area contributed by atoms with Crippen LogP contribution < -0.4 is 10.0 Å². The minimum atomic E-state index is -1.22. The first-order chi connectivity index (χ1) is 11.5. The number of anilines is 1. The zero-order chi connectivity index (χ0) is 17.3. The van der Waals surface area contributed by atoms with Gasteiger partial charge in [-0.25, -0.2) is 9.11 Å². The van der Waals surface area contributed by atoms with E-state index in [4.69, 9.17) is 4.42 Å². The number of halogens is 1. The molecule has 24 heavy (non-hydrogen) atoms. The minimum absolute atomic E-state index is 0.298. The number of carbonyl (C=O) groups is 1. The van der Waals surface area contributed by atoms with Gasteiger partial charge in [-0.1, -0.05) is 0 Å². The van der Waals surface area contributed by atoms with Gasteiger partial charge in [-0.3, -0.25) is 4.79 Å². The lowest BCUT2D eigenvalue weighted by Gasteiger charge is -2.06. The van der Waals surface area contributed by atoms with Crippen LogP contribution in [0.2, 0.25) is 0 Å². The summed E-state index contributed by atoms with van der Waals surface area (Å²) < 4.78 is 33.1. The molecule has 0 saturated heterocycles. The molecule has 3 aromatic rings. The molecule has 124 valence electrons. The molecule has 1 amide bonds. The molecule has 2 aromatic carbocycles. The summed E-state index contributed by atoms with van der Waals surface area (Å²) >= 11 is -1.22. The Hall–Kier alpha value is -2.51. The Morgan fingerprint density at radius 3 is 2.54 bits per heavy atom. The van der Waals surface area contributed by atoms with Crippen LogP contribution in [-0.2, 0) is 11.4 Å². The molecule has 0 fully saturated rings. The molecule has 1 heterocycles. The second kappa shape index (κ2) is 6.54. The number of rotatable bonds is 4. The van der Waals surface area contributed by atoms with Gasteiger partial charge in [0.2, 0.25) is 0 Å². The summed E-state index contributed by atoms with van der Waals surface area (Å²) in [4.78, 5) is 12.3. The lowest BCUT2D eigenvalue weighted by atomic mass is 10.0. The summed E-state index contributed by atoms with van der Waals surface area (Å²) in [7, 11) is 1.53. The molecular formula is C17H15FN2O3S. The Morgan fingerprint density at radius 1 is 1.21 bits per heavy atom. The Kier molecular flexibility index (Phi) is 4.46. The van der Waals surface area contributed by atoms with Gasteiger partial charge < -0.3 is 14.3 Å². The van der Waals surface area contributed by atoms with Crippen LogP contribution in [0.4, 0.5) is 10.1 Å². The molecular weight excluding hydrogens is 331 g/mol. The molecule has 0 bridgehead atoms. The Bertz CT molecular complexity index is 891. The van der Waals surface area contributed by atoms with Crippen LogP contribution in [-0.4, -0.2) is 23.8 Å². The first kappa shape index (κ1) is 16.4. The van der Waals surface area contributed by atoms with Crippen molar-refractivity contribution < 1.29 is 18.2 Å². The van der Waals surface area contributed by atoms with Crippen molar-refractivity contribution in [3.8, 4) is 11.3 Å². The third-order valence-corrected chi connectivity index (χ3v) is 4.04. The molecule has 0 spiro atoms. The summed E-state index contributed by atoms with van der Waals surface area (Å²) in [5.41, 5.74) is 2.07. The number of hydrogen-bond donors (Lipinski definition) is 2. The maximum Gasteiger partial charge on any atom is 0.255 e. The van der Waals surface area contributed by atoms with Crippen molar-refractivity contribution in [2.24, 2.45) is 0 Å². The third-order valence-electron chi connectivity index (χ3n) is 3.51. The van der Waals surface area contributed by atoms with E-state index in [2.05, 4.69) is 10.0 Å². The van der Waals surface area contributed by atoms with E-state index in [-0.39, 0.29) is 11.7 Å². The van der Waals surface area contributed by atoms with E-state index >= 15 is 0 Å². The van der Waals surface area contributed by atoms with Crippen LogP contribution in [0, 0.1) is 5.82 Å². The van der Waals surface area contributed by atoms with Gasteiger partial charge >= 0.3 is 0 Å². The van der Waals surface area contributed by atoms with Crippen molar-refractivity contribution in [1.29, 1.82) is 0 Å². The highest BCUT2D eigenvalue weighted by Gasteiger charge is 2.21. The number of carbonyl (C=O) groups excluding carboxylic acids is 1. The maximum atomic E-state index is 13.2. The first-order valence-corrected chi connectivity index (χ1v) is 8.70. The lowest BCUT2D eigenvalue weighted by molar-refractivity contribution is 0.0964. The highest BCUT2D eigenvalue weighted by molar-refractivity contribution is 7.92. The summed E-state index contributed by atoms with van der Waals surface area (Å²) in [6.45, 7) is 0. The van der Waals surface area contributed by atoms with E-state index in [0.29, 0.717) is 33.5 Å². The molecule has 2 N–H and O–H groups in total. The zero-order valence-electron chi connectivity index (χ0n) is 13.1. The summed E-state index contributed by atoms with van der Waals surface area (Å²) in [6, 6.07) is 10.9. The van der Waals surface area contributed by atoms with Gasteiger partial charge in [-0.05, 0) is 36.4 Å². The van der Waals surface area contributed by atoms with Crippen LogP contribution in [0.3, 0.4) is 0 Å². The second-order valence-electron chi connectivity index (χ2n) is 5.16. The van der Waals surface area contributed by atoms with Crippen LogP contribution in [0.1, 0.15) is 10.4 Å². The Morgan fingerprint density at radius 2 is 1.92 bits per heavy atom. The highest BCUT2D eigenvalue weighted by atomic mass is 32.2. The van der Waals surface area contributed by atoms with Gasteiger partial charge in [0, 0.05) is 24.1 Å². The quantitative estimate of drug-likeness (QED) is 0.711. The molecule has 0 aliphatic heterocycles. The van der Waals surface area contributed by atoms with Gasteiger partial charge in [0.25, 0.3) is 5.91 Å². The number of furan rings is 1. The van der Waals surface area contributed by atoms with Crippen molar-refractivity contribution in [2.45, 2.75) is 0 Å². The van der Waals surface area contributed by atoms with E-state index < -0.39 is 11.4 Å². The molecule has 1 atom stereocenters. The van der Waals surface area contributed by atoms with E-state index in [9.17, 15) is 13.7 Å². The molecule has 0 aliphatic carbocycles. The van der Waals surface area contributed by atoms with Crippen molar-refractivity contribution in [1.82, 2.24) is 5.32 Å². The predicted molar refractivity (Wildman–Crippen MR) is 92.7 cm³/mol. The molecule has 1 aromatic heterocycles. The SMILES string of the molecule is CNC(=O)c1c(-c2ccc(F)cc2)oc2cc(N[S@+](C)[O-])ccc12. The zero-order valence-corrected chi connectivity index (χ0v) is 13.9. The summed E-state index contributed by atoms with van der Waals surface area (Å²) in [6.07, 6.45) is 1.52. The van der Waals surface area contributed by atoms with Crippen LogP contribution >= 0.6 is 0 Å². The molecule has 0 saturated carbocycles. The Labute approximate surface area is 141 Å². The number of nitrogens with one attached hydrogen (secondary N) is 2. The fourth-order valence-corrected chi connectivity index (χ4v) is 2.94. The average molecular weight is 346 g/mol. The lowest BCUT2D eigenvalue weighted by Crippen LogP contribution is -2.18. The van der Waals surface area contributed by atoms with Crippen LogP contribution in [0.5, 0.6) is 0 Å². The standard InChI is InChI=1S/C17H15FN2O3S/c1-19-17(21)15-13-8-7-12(20-24(2)22)9-14(13)23-16(15)10-3-5-11(18)6-4-10/h3-9,20H,1-2H3,(H,19,21)/t24-/m0/s1. The Balaban J connectivity index is 2.19. The number of fused-ring (bicyclic) bond motifs is 1. The highest BCUT2D eigenvalue weighted by Crippen LogP contribution is 2.35. The van der Waals surface area contributed by atoms with Crippen molar-refractivity contribution in [2.75, 3.05) is 18.0 Å². The molecule has 0 aliphatic rings. The van der Waals surface area contributed by atoms with Crippen LogP contribution in [0.25, 0.3) is 22.3 Å². The molecule has 3 rings (SSSR count). The number of hydrogen-bond acceptors (Lipinski definition) is 4. The van der Waals surface area contributed by atoms with E-state index in [1.54, 1.807) is 30.3 Å². The van der Waals surface area contributed by atoms with Crippen LogP contribution in [0.15, 0.2) is 46.9 Å². The van der Waals surface area contributed by atoms with Gasteiger partial charge in [0.05, 0.1) is 22.6 Å². The van der Waals surface area contributed by atoms with Gasteiger partial charge in [0.15, 0.2) is 0 Å². The number of amides is 1. The van der Waals surface area contributed by atoms with Crippen molar-refractivity contribution in [3.05, 3.63) is 53.8 Å². The smallest absolute Gasteiger partial charge is 0.255 e. The second-order valence-corrected chi connectivity index (χ2v) is 6.27. The average Bonchev–Trinajstić information content (AvgIpc) is 2.92. The fourth-order valence-electron chi connectivity index (χ4n) is 2.48. The van der Waals surface area contributed by atoms with E-state index in [0.717, 1.165) is 0 Å². The monoisotopic (exact) mass is 346 g/mol. The first-order valence-electron chi connectivity index (χ1n) is 7.14. The minimum Gasteiger partial charge on any atom is -0.593 e. The van der Waals surface area contributed by atoms with Gasteiger partial charge in [-0.15, -0.1) is 0 Å². The summed E-state index contributed by atoms with van der Waals surface area (Å²) in [5.74, 6) is -0.305. The third kappa shape index (κ3) is 3.08. The van der Waals surface area contributed by atoms with Crippen molar-refractivity contribution >= 4 is 33.9 Å². The summed E-state index contributed by atoms with van der Waals surface area (Å²) in [5, 5.41) is 3.22. The molecule has 5 nitrogen and oxygen atoms in total. The molecule has 0 unspecified atom stereocenters. The molecule has 0 radical (unpaired) electrons. The largest absolute Gasteiger partial charge is 0.593 e.